The van der Waals surface area contributed by atoms with Crippen LogP contribution in [0, 0.1) is 0 Å². The van der Waals surface area contributed by atoms with Crippen LogP contribution in [-0.2, 0) is 13.0 Å². The molecule has 1 aromatic rings. The van der Waals surface area contributed by atoms with Crippen LogP contribution in [0.2, 0.25) is 0 Å². The molecule has 0 aromatic carbocycles. The maximum atomic E-state index is 11.2. The van der Waals surface area contributed by atoms with Crippen LogP contribution in [0.1, 0.15) is 44.7 Å². The quantitative estimate of drug-likeness (QED) is 0.830. The third-order valence-electron chi connectivity index (χ3n) is 2.08. The van der Waals surface area contributed by atoms with Crippen LogP contribution in [0.4, 0.5) is 0 Å². The lowest BCUT2D eigenvalue weighted by Crippen LogP contribution is -2.35. The van der Waals surface area contributed by atoms with Crippen LogP contribution < -0.4 is 10.2 Å². The van der Waals surface area contributed by atoms with Crippen LogP contribution >= 0.6 is 11.3 Å². The molecule has 0 radical (unpaired) electrons. The Balaban J connectivity index is 2.71. The molecular weight excluding hydrogens is 208 g/mol. The summed E-state index contributed by atoms with van der Waals surface area (Å²) in [6, 6.07) is 0. The summed E-state index contributed by atoms with van der Waals surface area (Å²) >= 11 is 1.32. The lowest BCUT2D eigenvalue weighted by molar-refractivity contribution is 0.425. The summed E-state index contributed by atoms with van der Waals surface area (Å²) in [6.45, 7) is 9.28. The Bertz CT molecular complexity index is 359. The number of aromatic nitrogens is 1. The highest BCUT2D eigenvalue weighted by molar-refractivity contribution is 7.09. The SMILES string of the molecule is CCCc1[nH]c(=O)sc1CNC(C)(C)C. The molecule has 0 atom stereocenters. The van der Waals surface area contributed by atoms with Gasteiger partial charge < -0.3 is 10.3 Å². The highest BCUT2D eigenvalue weighted by atomic mass is 32.1. The Hall–Kier alpha value is -0.610. The van der Waals surface area contributed by atoms with Gasteiger partial charge in [0.15, 0.2) is 0 Å². The highest BCUT2D eigenvalue weighted by Gasteiger charge is 2.12. The summed E-state index contributed by atoms with van der Waals surface area (Å²) in [5.41, 5.74) is 1.19. The molecule has 15 heavy (non-hydrogen) atoms. The van der Waals surface area contributed by atoms with E-state index in [2.05, 4.69) is 38.0 Å². The van der Waals surface area contributed by atoms with Gasteiger partial charge in [0.05, 0.1) is 0 Å². The van der Waals surface area contributed by atoms with Gasteiger partial charge in [0.2, 0.25) is 0 Å². The monoisotopic (exact) mass is 228 g/mol. The van der Waals surface area contributed by atoms with Gasteiger partial charge in [-0.2, -0.15) is 0 Å². The number of hydrogen-bond acceptors (Lipinski definition) is 3. The molecule has 0 fully saturated rings. The summed E-state index contributed by atoms with van der Waals surface area (Å²) in [5, 5.41) is 3.40. The molecule has 2 N–H and O–H groups in total. The minimum absolute atomic E-state index is 0.0594. The first-order valence-corrected chi connectivity index (χ1v) is 6.20. The maximum absolute atomic E-state index is 11.2. The predicted octanol–water partition coefficient (Wildman–Crippen LogP) is 2.28. The van der Waals surface area contributed by atoms with E-state index >= 15 is 0 Å². The van der Waals surface area contributed by atoms with E-state index in [9.17, 15) is 4.79 Å². The minimum atomic E-state index is 0.0594. The van der Waals surface area contributed by atoms with Crippen molar-refractivity contribution < 1.29 is 0 Å². The smallest absolute Gasteiger partial charge is 0.304 e. The van der Waals surface area contributed by atoms with Crippen molar-refractivity contribution >= 4 is 11.3 Å². The Morgan fingerprint density at radius 2 is 2.07 bits per heavy atom. The standard InChI is InChI=1S/C11H20N2OS/c1-5-6-8-9(15-10(14)13-8)7-12-11(2,3)4/h12H,5-7H2,1-4H3,(H,13,14). The maximum Gasteiger partial charge on any atom is 0.304 e. The Labute approximate surface area is 94.9 Å². The second-order valence-corrected chi connectivity index (χ2v) is 5.84. The number of rotatable bonds is 4. The number of aryl methyl sites for hydroxylation is 1. The zero-order valence-corrected chi connectivity index (χ0v) is 10.8. The van der Waals surface area contributed by atoms with Crippen molar-refractivity contribution in [1.82, 2.24) is 10.3 Å². The first kappa shape index (κ1) is 12.5. The summed E-state index contributed by atoms with van der Waals surface area (Å²) in [7, 11) is 0. The zero-order valence-electron chi connectivity index (χ0n) is 9.94. The van der Waals surface area contributed by atoms with Gasteiger partial charge >= 0.3 is 4.87 Å². The van der Waals surface area contributed by atoms with E-state index in [4.69, 9.17) is 0 Å². The second-order valence-electron chi connectivity index (χ2n) is 4.77. The van der Waals surface area contributed by atoms with Crippen molar-refractivity contribution in [2.75, 3.05) is 0 Å². The molecule has 0 saturated carbocycles. The molecule has 0 unspecified atom stereocenters. The van der Waals surface area contributed by atoms with E-state index in [-0.39, 0.29) is 10.4 Å². The molecule has 1 rings (SSSR count). The number of H-pyrrole nitrogens is 1. The van der Waals surface area contributed by atoms with Gasteiger partial charge in [-0.1, -0.05) is 24.7 Å². The Kier molecular flexibility index (Phi) is 4.11. The first-order chi connectivity index (χ1) is 6.92. The van der Waals surface area contributed by atoms with Crippen LogP contribution in [-0.4, -0.2) is 10.5 Å². The van der Waals surface area contributed by atoms with Crippen molar-refractivity contribution in [3.63, 3.8) is 0 Å². The molecule has 3 nitrogen and oxygen atoms in total. The summed E-state index contributed by atoms with van der Waals surface area (Å²) in [5.74, 6) is 0. The first-order valence-electron chi connectivity index (χ1n) is 5.38. The third-order valence-corrected chi connectivity index (χ3v) is 3.01. The van der Waals surface area contributed by atoms with Crippen LogP contribution in [0.3, 0.4) is 0 Å². The lowest BCUT2D eigenvalue weighted by Gasteiger charge is -2.20. The molecule has 0 amide bonds. The molecule has 0 aliphatic rings. The van der Waals surface area contributed by atoms with Gasteiger partial charge in [-0.3, -0.25) is 4.79 Å². The van der Waals surface area contributed by atoms with Gasteiger partial charge in [-0.15, -0.1) is 0 Å². The fraction of sp³-hybridized carbons (Fsp3) is 0.727. The van der Waals surface area contributed by atoms with Crippen molar-refractivity contribution in [2.24, 2.45) is 0 Å². The summed E-state index contributed by atoms with van der Waals surface area (Å²) in [4.78, 5) is 15.4. The Morgan fingerprint density at radius 1 is 1.40 bits per heavy atom. The fourth-order valence-corrected chi connectivity index (χ4v) is 2.15. The molecule has 86 valence electrons. The number of thiazole rings is 1. The van der Waals surface area contributed by atoms with Crippen LogP contribution in [0.25, 0.3) is 0 Å². The van der Waals surface area contributed by atoms with Crippen LogP contribution in [0.15, 0.2) is 4.79 Å². The van der Waals surface area contributed by atoms with Crippen molar-refractivity contribution in [1.29, 1.82) is 0 Å². The third kappa shape index (κ3) is 4.18. The normalized spacial score (nSPS) is 12.0. The van der Waals surface area contributed by atoms with E-state index in [1.54, 1.807) is 0 Å². The Morgan fingerprint density at radius 3 is 2.60 bits per heavy atom. The minimum Gasteiger partial charge on any atom is -0.316 e. The number of nitrogens with one attached hydrogen (secondary N) is 2. The molecule has 4 heteroatoms. The van der Waals surface area contributed by atoms with E-state index < -0.39 is 0 Å². The van der Waals surface area contributed by atoms with E-state index in [1.807, 2.05) is 0 Å². The second kappa shape index (κ2) is 4.94. The van der Waals surface area contributed by atoms with Gasteiger partial charge in [0.1, 0.15) is 0 Å². The van der Waals surface area contributed by atoms with Gasteiger partial charge in [0.25, 0.3) is 0 Å². The average molecular weight is 228 g/mol. The molecule has 0 bridgehead atoms. The largest absolute Gasteiger partial charge is 0.316 e. The lowest BCUT2D eigenvalue weighted by atomic mass is 10.1. The van der Waals surface area contributed by atoms with E-state index in [0.717, 1.165) is 30.0 Å². The van der Waals surface area contributed by atoms with Gasteiger partial charge in [-0.25, -0.2) is 0 Å². The van der Waals surface area contributed by atoms with Crippen molar-refractivity contribution in [3.8, 4) is 0 Å². The average Bonchev–Trinajstić information content (AvgIpc) is 2.42. The highest BCUT2D eigenvalue weighted by Crippen LogP contribution is 2.12. The van der Waals surface area contributed by atoms with Gasteiger partial charge in [-0.05, 0) is 27.2 Å². The molecule has 1 aromatic heterocycles. The molecule has 0 spiro atoms. The van der Waals surface area contributed by atoms with Crippen molar-refractivity contribution in [2.45, 2.75) is 52.6 Å². The molecular formula is C11H20N2OS. The van der Waals surface area contributed by atoms with E-state index in [0.29, 0.717) is 0 Å². The fourth-order valence-electron chi connectivity index (χ4n) is 1.33. The topological polar surface area (TPSA) is 44.9 Å². The summed E-state index contributed by atoms with van der Waals surface area (Å²) in [6.07, 6.45) is 2.02. The van der Waals surface area contributed by atoms with Gasteiger partial charge in [0, 0.05) is 22.7 Å². The number of aromatic amines is 1. The number of hydrogen-bond donors (Lipinski definition) is 2. The molecule has 0 aliphatic heterocycles. The predicted molar refractivity (Wildman–Crippen MR) is 65.5 cm³/mol. The summed E-state index contributed by atoms with van der Waals surface area (Å²) < 4.78 is 0. The molecule has 1 heterocycles. The molecule has 0 saturated heterocycles. The van der Waals surface area contributed by atoms with Crippen LogP contribution in [0.5, 0.6) is 0 Å². The van der Waals surface area contributed by atoms with Crippen molar-refractivity contribution in [3.05, 3.63) is 20.2 Å². The molecule has 0 aliphatic carbocycles. The zero-order chi connectivity index (χ0) is 11.5. The van der Waals surface area contributed by atoms with E-state index in [1.165, 1.54) is 11.3 Å².